The highest BCUT2D eigenvalue weighted by Gasteiger charge is 2.12. The number of anilines is 2. The number of rotatable bonds is 10. The third kappa shape index (κ3) is 8.14. The van der Waals surface area contributed by atoms with Crippen LogP contribution in [0.25, 0.3) is 0 Å². The average Bonchev–Trinajstić information content (AvgIpc) is 2.76. The summed E-state index contributed by atoms with van der Waals surface area (Å²) in [6, 6.07) is 15.0. The van der Waals surface area contributed by atoms with Crippen LogP contribution in [-0.2, 0) is 23.9 Å². The van der Waals surface area contributed by atoms with Crippen molar-refractivity contribution in [1.82, 2.24) is 0 Å². The second-order valence-corrected chi connectivity index (χ2v) is 6.34. The van der Waals surface area contributed by atoms with E-state index in [-0.39, 0.29) is 18.7 Å². The molecule has 2 amide bonds. The van der Waals surface area contributed by atoms with Gasteiger partial charge in [0.15, 0.2) is 6.61 Å². The maximum absolute atomic E-state index is 11.9. The molecule has 2 rings (SSSR count). The molecule has 2 aromatic rings. The molecule has 2 N–H and O–H groups in total. The average molecular weight is 412 g/mol. The number of benzene rings is 2. The van der Waals surface area contributed by atoms with Gasteiger partial charge in [-0.1, -0.05) is 25.1 Å². The summed E-state index contributed by atoms with van der Waals surface area (Å²) >= 11 is 0. The molecule has 2 aromatic carbocycles. The second-order valence-electron chi connectivity index (χ2n) is 6.34. The van der Waals surface area contributed by atoms with Crippen LogP contribution in [0, 0.1) is 0 Å². The van der Waals surface area contributed by atoms with Gasteiger partial charge in [0.05, 0.1) is 18.6 Å². The van der Waals surface area contributed by atoms with Crippen molar-refractivity contribution >= 4 is 35.1 Å². The Morgan fingerprint density at radius 1 is 0.767 bits per heavy atom. The normalized spacial score (nSPS) is 10.0. The first kappa shape index (κ1) is 22.6. The van der Waals surface area contributed by atoms with Crippen molar-refractivity contribution in [2.45, 2.75) is 26.2 Å². The highest BCUT2D eigenvalue weighted by molar-refractivity contribution is 5.95. The Morgan fingerprint density at radius 2 is 1.40 bits per heavy atom. The van der Waals surface area contributed by atoms with E-state index in [2.05, 4.69) is 10.6 Å². The molecule has 158 valence electrons. The molecule has 0 aliphatic carbocycles. The van der Waals surface area contributed by atoms with Crippen LogP contribution < -0.4 is 10.6 Å². The van der Waals surface area contributed by atoms with Gasteiger partial charge in [-0.05, 0) is 42.8 Å². The fourth-order valence-electron chi connectivity index (χ4n) is 2.34. The smallest absolute Gasteiger partial charge is 0.338 e. The number of hydrogen-bond donors (Lipinski definition) is 2. The molecule has 0 fully saturated rings. The molecule has 8 nitrogen and oxygen atoms in total. The van der Waals surface area contributed by atoms with Crippen LogP contribution >= 0.6 is 0 Å². The molecule has 0 aliphatic rings. The molecule has 0 spiro atoms. The minimum Gasteiger partial charge on any atom is -0.462 e. The summed E-state index contributed by atoms with van der Waals surface area (Å²) in [7, 11) is 0. The lowest BCUT2D eigenvalue weighted by Gasteiger charge is -2.08. The third-order valence-electron chi connectivity index (χ3n) is 3.82. The van der Waals surface area contributed by atoms with Gasteiger partial charge in [-0.25, -0.2) is 4.79 Å². The van der Waals surface area contributed by atoms with Crippen molar-refractivity contribution in [3.05, 3.63) is 60.2 Å². The molecule has 0 bridgehead atoms. The Bertz CT molecular complexity index is 865. The predicted octanol–water partition coefficient (Wildman–Crippen LogP) is 3.15. The van der Waals surface area contributed by atoms with E-state index in [0.29, 0.717) is 23.5 Å². The lowest BCUT2D eigenvalue weighted by atomic mass is 10.2. The number of carbonyl (C=O) groups is 4. The van der Waals surface area contributed by atoms with Crippen molar-refractivity contribution < 1.29 is 28.7 Å². The van der Waals surface area contributed by atoms with E-state index < -0.39 is 24.5 Å². The molecule has 0 saturated carbocycles. The Kier molecular flexibility index (Phi) is 9.05. The second kappa shape index (κ2) is 12.0. The van der Waals surface area contributed by atoms with E-state index in [4.69, 9.17) is 9.47 Å². The van der Waals surface area contributed by atoms with Crippen LogP contribution in [-0.4, -0.2) is 37.0 Å². The zero-order chi connectivity index (χ0) is 21.8. The lowest BCUT2D eigenvalue weighted by molar-refractivity contribution is -0.147. The number of ether oxygens (including phenoxy) is 2. The van der Waals surface area contributed by atoms with E-state index in [1.165, 1.54) is 12.1 Å². The molecular weight excluding hydrogens is 388 g/mol. The maximum Gasteiger partial charge on any atom is 0.338 e. The van der Waals surface area contributed by atoms with Gasteiger partial charge in [0, 0.05) is 17.8 Å². The van der Waals surface area contributed by atoms with E-state index in [0.717, 1.165) is 6.42 Å². The molecular formula is C22H24N2O6. The van der Waals surface area contributed by atoms with Crippen LogP contribution in [0.15, 0.2) is 54.6 Å². The standard InChI is InChI=1S/C22H24N2O6/c1-2-14-29-22(28)16-8-10-18(11-9-16)24-20(26)15-30-21(27)13-12-19(25)23-17-6-4-3-5-7-17/h3-11H,2,12-15H2,1H3,(H,23,25)(H,24,26). The number of esters is 2. The molecule has 30 heavy (non-hydrogen) atoms. The van der Waals surface area contributed by atoms with E-state index >= 15 is 0 Å². The minimum absolute atomic E-state index is 0.0507. The van der Waals surface area contributed by atoms with Crippen molar-refractivity contribution in [3.63, 3.8) is 0 Å². The topological polar surface area (TPSA) is 111 Å². The summed E-state index contributed by atoms with van der Waals surface area (Å²) in [5.74, 6) is -1.93. The van der Waals surface area contributed by atoms with Gasteiger partial charge in [0.1, 0.15) is 0 Å². The molecule has 8 heteroatoms. The van der Waals surface area contributed by atoms with Gasteiger partial charge in [-0.3, -0.25) is 14.4 Å². The molecule has 0 heterocycles. The van der Waals surface area contributed by atoms with Crippen molar-refractivity contribution in [2.24, 2.45) is 0 Å². The summed E-state index contributed by atoms with van der Waals surface area (Å²) in [5.41, 5.74) is 1.46. The SMILES string of the molecule is CCCOC(=O)c1ccc(NC(=O)COC(=O)CCC(=O)Nc2ccccc2)cc1. The van der Waals surface area contributed by atoms with Gasteiger partial charge >= 0.3 is 11.9 Å². The highest BCUT2D eigenvalue weighted by Crippen LogP contribution is 2.11. The van der Waals surface area contributed by atoms with Crippen molar-refractivity contribution in [2.75, 3.05) is 23.8 Å². The van der Waals surface area contributed by atoms with Crippen molar-refractivity contribution in [3.8, 4) is 0 Å². The van der Waals surface area contributed by atoms with Gasteiger partial charge in [-0.15, -0.1) is 0 Å². The first-order valence-electron chi connectivity index (χ1n) is 9.55. The number of hydrogen-bond acceptors (Lipinski definition) is 6. The molecule has 0 atom stereocenters. The van der Waals surface area contributed by atoms with Gasteiger partial charge in [-0.2, -0.15) is 0 Å². The third-order valence-corrected chi connectivity index (χ3v) is 3.82. The van der Waals surface area contributed by atoms with E-state index in [9.17, 15) is 19.2 Å². The molecule has 0 saturated heterocycles. The monoisotopic (exact) mass is 412 g/mol. The fraction of sp³-hybridized carbons (Fsp3) is 0.273. The zero-order valence-corrected chi connectivity index (χ0v) is 16.7. The summed E-state index contributed by atoms with van der Waals surface area (Å²) in [4.78, 5) is 47.2. The summed E-state index contributed by atoms with van der Waals surface area (Å²) in [6.07, 6.45) is 0.543. The Labute approximate surface area is 174 Å². The number of carbonyl (C=O) groups excluding carboxylic acids is 4. The van der Waals surface area contributed by atoms with Crippen LogP contribution in [0.4, 0.5) is 11.4 Å². The quantitative estimate of drug-likeness (QED) is 0.580. The predicted molar refractivity (Wildman–Crippen MR) is 111 cm³/mol. The Morgan fingerprint density at radius 3 is 2.07 bits per heavy atom. The number of amides is 2. The Hall–Kier alpha value is -3.68. The number of nitrogens with one attached hydrogen (secondary N) is 2. The van der Waals surface area contributed by atoms with Crippen LogP contribution in [0.5, 0.6) is 0 Å². The highest BCUT2D eigenvalue weighted by atomic mass is 16.5. The molecule has 0 aliphatic heterocycles. The maximum atomic E-state index is 11.9. The zero-order valence-electron chi connectivity index (χ0n) is 16.7. The minimum atomic E-state index is -0.651. The van der Waals surface area contributed by atoms with Gasteiger partial charge < -0.3 is 20.1 Å². The summed E-state index contributed by atoms with van der Waals surface area (Å²) in [6.45, 7) is 1.77. The van der Waals surface area contributed by atoms with Gasteiger partial charge in [0.25, 0.3) is 5.91 Å². The number of para-hydroxylation sites is 1. The first-order valence-corrected chi connectivity index (χ1v) is 9.55. The molecule has 0 radical (unpaired) electrons. The Balaban J connectivity index is 1.68. The first-order chi connectivity index (χ1) is 14.5. The summed E-state index contributed by atoms with van der Waals surface area (Å²) < 4.78 is 9.90. The summed E-state index contributed by atoms with van der Waals surface area (Å²) in [5, 5.41) is 5.22. The fourth-order valence-corrected chi connectivity index (χ4v) is 2.34. The van der Waals surface area contributed by atoms with Crippen LogP contribution in [0.3, 0.4) is 0 Å². The van der Waals surface area contributed by atoms with Gasteiger partial charge in [0.2, 0.25) is 5.91 Å². The molecule has 0 unspecified atom stereocenters. The van der Waals surface area contributed by atoms with E-state index in [1.54, 1.807) is 36.4 Å². The van der Waals surface area contributed by atoms with Crippen LogP contribution in [0.2, 0.25) is 0 Å². The molecule has 0 aromatic heterocycles. The lowest BCUT2D eigenvalue weighted by Crippen LogP contribution is -2.21. The van der Waals surface area contributed by atoms with Crippen molar-refractivity contribution in [1.29, 1.82) is 0 Å². The van der Waals surface area contributed by atoms with Crippen LogP contribution in [0.1, 0.15) is 36.5 Å². The van der Waals surface area contributed by atoms with E-state index in [1.807, 2.05) is 13.0 Å². The largest absolute Gasteiger partial charge is 0.462 e.